The van der Waals surface area contributed by atoms with Gasteiger partial charge in [-0.15, -0.1) is 0 Å². The number of hydrogen-bond acceptors (Lipinski definition) is 2. The van der Waals surface area contributed by atoms with Crippen molar-refractivity contribution >= 4 is 5.69 Å². The third kappa shape index (κ3) is 1.54. The third-order valence-electron chi connectivity index (χ3n) is 2.82. The molecule has 0 aromatic carbocycles. The Labute approximate surface area is 83.7 Å². The van der Waals surface area contributed by atoms with Gasteiger partial charge < -0.3 is 10.1 Å². The number of fused-ring (bicyclic) bond motifs is 1. The van der Waals surface area contributed by atoms with Gasteiger partial charge in [-0.25, -0.2) is 4.57 Å². The zero-order valence-electron chi connectivity index (χ0n) is 8.20. The van der Waals surface area contributed by atoms with Crippen LogP contribution in [-0.2, 0) is 6.54 Å². The fourth-order valence-corrected chi connectivity index (χ4v) is 1.84. The molecular weight excluding hydrogens is 176 g/mol. The van der Waals surface area contributed by atoms with Crippen molar-refractivity contribution < 1.29 is 9.30 Å². The minimum Gasteiger partial charge on any atom is -0.484 e. The van der Waals surface area contributed by atoms with Gasteiger partial charge in [0.05, 0.1) is 5.69 Å². The molecule has 1 N–H and O–H groups in total. The summed E-state index contributed by atoms with van der Waals surface area (Å²) in [6.07, 6.45) is 7.03. The van der Waals surface area contributed by atoms with Crippen molar-refractivity contribution in [3.8, 4) is 5.75 Å². The quantitative estimate of drug-likeness (QED) is 0.710. The van der Waals surface area contributed by atoms with E-state index in [2.05, 4.69) is 28.3 Å². The summed E-state index contributed by atoms with van der Waals surface area (Å²) in [5.41, 5.74) is 1.13. The average Bonchev–Trinajstić information content (AvgIpc) is 3.02. The summed E-state index contributed by atoms with van der Waals surface area (Å²) in [6.45, 7) is 2.84. The lowest BCUT2D eigenvalue weighted by Crippen LogP contribution is -2.35. The summed E-state index contributed by atoms with van der Waals surface area (Å²) < 4.78 is 7.82. The van der Waals surface area contributed by atoms with E-state index >= 15 is 0 Å². The Kier molecular flexibility index (Phi) is 1.82. The molecule has 14 heavy (non-hydrogen) atoms. The van der Waals surface area contributed by atoms with Crippen LogP contribution in [0, 0.1) is 5.92 Å². The molecule has 3 heteroatoms. The molecule has 1 saturated carbocycles. The van der Waals surface area contributed by atoms with Crippen LogP contribution in [0.4, 0.5) is 5.69 Å². The Morgan fingerprint density at radius 1 is 1.50 bits per heavy atom. The van der Waals surface area contributed by atoms with Gasteiger partial charge in [0.2, 0.25) is 11.9 Å². The highest BCUT2D eigenvalue weighted by Crippen LogP contribution is 2.30. The van der Waals surface area contributed by atoms with E-state index in [0.29, 0.717) is 0 Å². The number of rotatable bonds is 2. The number of nitrogens with zero attached hydrogens (tertiary/aromatic N) is 1. The number of anilines is 1. The van der Waals surface area contributed by atoms with E-state index in [1.807, 2.05) is 0 Å². The van der Waals surface area contributed by atoms with Gasteiger partial charge in [0.1, 0.15) is 6.61 Å². The van der Waals surface area contributed by atoms with Crippen LogP contribution in [0.25, 0.3) is 0 Å². The van der Waals surface area contributed by atoms with Gasteiger partial charge in [0.15, 0.2) is 12.7 Å². The third-order valence-corrected chi connectivity index (χ3v) is 2.82. The molecule has 2 heterocycles. The molecule has 2 aliphatic rings. The van der Waals surface area contributed by atoms with Crippen LogP contribution < -0.4 is 14.6 Å². The highest BCUT2D eigenvalue weighted by Gasteiger charge is 2.26. The Hall–Kier alpha value is -1.25. The smallest absolute Gasteiger partial charge is 0.213 e. The van der Waals surface area contributed by atoms with E-state index in [1.54, 1.807) is 0 Å². The van der Waals surface area contributed by atoms with Crippen LogP contribution in [0.2, 0.25) is 0 Å². The molecule has 0 amide bonds. The predicted octanol–water partition coefficient (Wildman–Crippen LogP) is 1.19. The van der Waals surface area contributed by atoms with Crippen LogP contribution in [0.15, 0.2) is 18.5 Å². The molecule has 3 rings (SSSR count). The van der Waals surface area contributed by atoms with E-state index in [0.717, 1.165) is 37.1 Å². The first kappa shape index (κ1) is 8.09. The van der Waals surface area contributed by atoms with E-state index in [4.69, 9.17) is 4.74 Å². The number of pyridine rings is 1. The van der Waals surface area contributed by atoms with E-state index < -0.39 is 0 Å². The molecule has 0 bridgehead atoms. The Morgan fingerprint density at radius 2 is 2.43 bits per heavy atom. The molecule has 1 aromatic heterocycles. The minimum absolute atomic E-state index is 0.778. The van der Waals surface area contributed by atoms with Gasteiger partial charge in [0, 0.05) is 18.5 Å². The zero-order chi connectivity index (χ0) is 9.38. The van der Waals surface area contributed by atoms with E-state index in [-0.39, 0.29) is 0 Å². The topological polar surface area (TPSA) is 25.1 Å². The molecule has 0 atom stereocenters. The molecule has 1 fully saturated rings. The predicted molar refractivity (Wildman–Crippen MR) is 53.3 cm³/mol. The summed E-state index contributed by atoms with van der Waals surface area (Å²) in [5, 5.41) is 3.32. The van der Waals surface area contributed by atoms with Crippen molar-refractivity contribution in [2.75, 3.05) is 18.5 Å². The maximum absolute atomic E-state index is 5.58. The highest BCUT2D eigenvalue weighted by atomic mass is 16.5. The SMILES string of the molecule is c1c[n+](CC2CC2)cc2c1NCCO2. The summed E-state index contributed by atoms with van der Waals surface area (Å²) in [5.74, 6) is 1.91. The van der Waals surface area contributed by atoms with Crippen LogP contribution in [-0.4, -0.2) is 13.2 Å². The van der Waals surface area contributed by atoms with Gasteiger partial charge in [-0.3, -0.25) is 0 Å². The maximum atomic E-state index is 5.58. The second-order valence-corrected chi connectivity index (χ2v) is 4.14. The lowest BCUT2D eigenvalue weighted by molar-refractivity contribution is -0.700. The van der Waals surface area contributed by atoms with Crippen molar-refractivity contribution in [2.45, 2.75) is 19.4 Å². The van der Waals surface area contributed by atoms with Crippen LogP contribution in [0.1, 0.15) is 12.8 Å². The fraction of sp³-hybridized carbons (Fsp3) is 0.545. The first-order valence-corrected chi connectivity index (χ1v) is 5.31. The monoisotopic (exact) mass is 191 g/mol. The minimum atomic E-state index is 0.778. The molecule has 0 radical (unpaired) electrons. The summed E-state index contributed by atoms with van der Waals surface area (Å²) in [7, 11) is 0. The average molecular weight is 191 g/mol. The molecule has 1 aromatic rings. The molecule has 0 unspecified atom stereocenters. The van der Waals surface area contributed by atoms with Gasteiger partial charge in [0.25, 0.3) is 0 Å². The van der Waals surface area contributed by atoms with Crippen molar-refractivity contribution in [1.29, 1.82) is 0 Å². The van der Waals surface area contributed by atoms with Gasteiger partial charge in [-0.1, -0.05) is 0 Å². The molecule has 0 saturated heterocycles. The highest BCUT2D eigenvalue weighted by molar-refractivity contribution is 5.54. The lowest BCUT2D eigenvalue weighted by atomic mass is 10.3. The second kappa shape index (κ2) is 3.15. The van der Waals surface area contributed by atoms with Crippen LogP contribution in [0.3, 0.4) is 0 Å². The van der Waals surface area contributed by atoms with Gasteiger partial charge in [-0.2, -0.15) is 0 Å². The fourth-order valence-electron chi connectivity index (χ4n) is 1.84. The van der Waals surface area contributed by atoms with Crippen molar-refractivity contribution in [3.05, 3.63) is 18.5 Å². The number of aromatic nitrogens is 1. The largest absolute Gasteiger partial charge is 0.484 e. The molecular formula is C11H15N2O+. The second-order valence-electron chi connectivity index (χ2n) is 4.14. The van der Waals surface area contributed by atoms with E-state index in [9.17, 15) is 0 Å². The number of ether oxygens (including phenoxy) is 1. The Balaban J connectivity index is 1.84. The van der Waals surface area contributed by atoms with Crippen molar-refractivity contribution in [3.63, 3.8) is 0 Å². The maximum Gasteiger partial charge on any atom is 0.213 e. The normalized spacial score (nSPS) is 19.4. The van der Waals surface area contributed by atoms with Crippen LogP contribution in [0.5, 0.6) is 5.75 Å². The Bertz CT molecular complexity index is 347. The van der Waals surface area contributed by atoms with E-state index in [1.165, 1.54) is 12.8 Å². The van der Waals surface area contributed by atoms with Gasteiger partial charge >= 0.3 is 0 Å². The number of hydrogen-bond donors (Lipinski definition) is 1. The summed E-state index contributed by atoms with van der Waals surface area (Å²) >= 11 is 0. The Morgan fingerprint density at radius 3 is 3.29 bits per heavy atom. The zero-order valence-corrected chi connectivity index (χ0v) is 8.20. The standard InChI is InChI=1S/C11H14N2O/c1-2-9(1)7-13-5-3-10-11(8-13)14-6-4-12-10/h3,5,8-9H,1-2,4,6-7H2/p+1. The summed E-state index contributed by atoms with van der Waals surface area (Å²) in [6, 6.07) is 2.11. The molecule has 0 spiro atoms. The summed E-state index contributed by atoms with van der Waals surface area (Å²) in [4.78, 5) is 0. The lowest BCUT2D eigenvalue weighted by Gasteiger charge is -2.16. The molecule has 1 aliphatic carbocycles. The van der Waals surface area contributed by atoms with Gasteiger partial charge in [-0.05, 0) is 12.8 Å². The first-order valence-electron chi connectivity index (χ1n) is 5.31. The molecule has 74 valence electrons. The van der Waals surface area contributed by atoms with Crippen molar-refractivity contribution in [2.24, 2.45) is 5.92 Å². The van der Waals surface area contributed by atoms with Crippen LogP contribution >= 0.6 is 0 Å². The molecule has 3 nitrogen and oxygen atoms in total. The molecule has 1 aliphatic heterocycles. The first-order chi connectivity index (χ1) is 6.92. The number of nitrogens with one attached hydrogen (secondary N) is 1. The van der Waals surface area contributed by atoms with Crippen molar-refractivity contribution in [1.82, 2.24) is 0 Å².